The van der Waals surface area contributed by atoms with Crippen molar-refractivity contribution >= 4 is 126 Å². The number of rotatable bonds is 4. The molecule has 1 aliphatic rings. The van der Waals surface area contributed by atoms with Crippen molar-refractivity contribution in [3.8, 4) is 5.69 Å². The van der Waals surface area contributed by atoms with Crippen molar-refractivity contribution in [2.24, 2.45) is 15.9 Å². The smallest absolute Gasteiger partial charge is 0.160 e. The Bertz CT molecular complexity index is 4650. The van der Waals surface area contributed by atoms with Gasteiger partial charge in [0, 0.05) is 54.7 Å². The van der Waals surface area contributed by atoms with Gasteiger partial charge in [0.2, 0.25) is 0 Å². The molecule has 0 bridgehead atoms. The predicted molar refractivity (Wildman–Crippen MR) is 293 cm³/mol. The van der Waals surface area contributed by atoms with Crippen molar-refractivity contribution in [1.29, 1.82) is 0 Å². The minimum atomic E-state index is 0.0528. The summed E-state index contributed by atoms with van der Waals surface area (Å²) in [5.41, 5.74) is 11.2. The summed E-state index contributed by atoms with van der Waals surface area (Å²) in [4.78, 5) is 11.5. The maximum atomic E-state index is 7.33. The quantitative estimate of drug-likeness (QED) is 0.177. The van der Waals surface area contributed by atoms with Crippen LogP contribution in [0.25, 0.3) is 120 Å². The average molecular weight is 896 g/mol. The zero-order valence-electron chi connectivity index (χ0n) is 38.1. The highest BCUT2D eigenvalue weighted by Gasteiger charge is 2.27. The minimum absolute atomic E-state index is 0.0528. The third-order valence-electron chi connectivity index (χ3n) is 14.8. The van der Waals surface area contributed by atoms with Crippen molar-refractivity contribution in [2.75, 3.05) is 0 Å². The Hall–Kier alpha value is -9.06. The van der Waals surface area contributed by atoms with Crippen LogP contribution in [-0.2, 0) is 0 Å². The molecule has 0 N–H and O–H groups in total. The summed E-state index contributed by atoms with van der Waals surface area (Å²) in [6.07, 6.45) is 3.02. The Balaban J connectivity index is 1.06. The monoisotopic (exact) mass is 895 g/mol. The van der Waals surface area contributed by atoms with Crippen LogP contribution in [0.5, 0.6) is 0 Å². The second-order valence-corrected chi connectivity index (χ2v) is 18.9. The van der Waals surface area contributed by atoms with Gasteiger partial charge in [-0.3, -0.25) is 0 Å². The second-order valence-electron chi connectivity index (χ2n) is 18.9. The zero-order valence-corrected chi connectivity index (χ0v) is 38.1. The van der Waals surface area contributed by atoms with Crippen LogP contribution in [-0.4, -0.2) is 16.1 Å². The molecule has 3 aromatic heterocycles. The molecule has 1 unspecified atom stereocenters. The summed E-state index contributed by atoms with van der Waals surface area (Å²) in [6.45, 7) is 2.28. The highest BCUT2D eigenvalue weighted by molar-refractivity contribution is 6.27. The first kappa shape index (κ1) is 39.0. The van der Waals surface area contributed by atoms with E-state index in [9.17, 15) is 0 Å². The van der Waals surface area contributed by atoms with E-state index in [0.717, 1.165) is 106 Å². The Kier molecular flexibility index (Phi) is 8.34. The molecule has 1 atom stereocenters. The molecule has 0 saturated carbocycles. The molecule has 11 aromatic carbocycles. The highest BCUT2D eigenvalue weighted by atomic mass is 16.3. The normalized spacial score (nSPS) is 15.4. The fourth-order valence-electron chi connectivity index (χ4n) is 11.4. The van der Waals surface area contributed by atoms with Gasteiger partial charge in [-0.25, -0.2) is 9.98 Å². The summed E-state index contributed by atoms with van der Waals surface area (Å²) in [7, 11) is 0. The lowest BCUT2D eigenvalue weighted by Gasteiger charge is -2.19. The number of aromatic nitrogens is 1. The molecular formula is C65H41N3O2. The highest BCUT2D eigenvalue weighted by Crippen LogP contribution is 2.44. The lowest BCUT2D eigenvalue weighted by Crippen LogP contribution is -2.17. The van der Waals surface area contributed by atoms with Crippen LogP contribution in [0.1, 0.15) is 30.0 Å². The van der Waals surface area contributed by atoms with Crippen molar-refractivity contribution < 1.29 is 8.83 Å². The van der Waals surface area contributed by atoms with Gasteiger partial charge < -0.3 is 13.4 Å². The summed E-state index contributed by atoms with van der Waals surface area (Å²) in [5, 5.41) is 15.9. The molecule has 0 fully saturated rings. The van der Waals surface area contributed by atoms with E-state index < -0.39 is 0 Å². The van der Waals surface area contributed by atoms with Gasteiger partial charge in [-0.15, -0.1) is 0 Å². The fraction of sp³-hybridized carbons (Fsp3) is 0.0462. The third-order valence-corrected chi connectivity index (χ3v) is 14.8. The maximum Gasteiger partial charge on any atom is 0.160 e. The van der Waals surface area contributed by atoms with Gasteiger partial charge in [0.05, 0.1) is 28.1 Å². The molecule has 1 aliphatic heterocycles. The molecule has 0 spiro atoms. The van der Waals surface area contributed by atoms with Crippen LogP contribution in [0.4, 0.5) is 0 Å². The third kappa shape index (κ3) is 5.85. The number of amidine groups is 1. The van der Waals surface area contributed by atoms with Crippen LogP contribution >= 0.6 is 0 Å². The molecule has 0 aliphatic carbocycles. The number of fused-ring (bicyclic) bond motifs is 14. The Morgan fingerprint density at radius 2 is 1.09 bits per heavy atom. The van der Waals surface area contributed by atoms with Crippen LogP contribution in [0.2, 0.25) is 0 Å². The molecule has 0 radical (unpaired) electrons. The number of nitrogens with zero attached hydrogens (tertiary/aromatic N) is 3. The average Bonchev–Trinajstić information content (AvgIpc) is 4.08. The summed E-state index contributed by atoms with van der Waals surface area (Å²) >= 11 is 0. The first-order valence-electron chi connectivity index (χ1n) is 24.1. The molecule has 0 amide bonds. The van der Waals surface area contributed by atoms with E-state index in [1.807, 2.05) is 12.1 Å². The molecule has 14 aromatic rings. The second kappa shape index (κ2) is 15.0. The maximum absolute atomic E-state index is 7.33. The minimum Gasteiger partial charge on any atom is -0.455 e. The molecule has 5 heteroatoms. The van der Waals surface area contributed by atoms with Crippen molar-refractivity contribution in [3.05, 3.63) is 229 Å². The van der Waals surface area contributed by atoms with E-state index in [0.29, 0.717) is 5.84 Å². The number of allylic oxidation sites excluding steroid dienone is 1. The number of furan rings is 2. The standard InChI is InChI=1S/C65H41N3O2/c1-38-25-31-55(51-23-12-22-50-48-21-10-11-24-58(48)69-63(50)51)66-65(67-61(38)46-27-26-39-13-2-3-15-41(39)33-46)52-30-32-56(64-60(52)54-35-43-17-5-7-19-45(43)37-59(54)70-64)68-57-36-44-18-6-4-16-42(44)34-53(57)49-29-28-40-14-8-9-20-47(40)62(49)68/h2-24,26-38H,25H2,1H3/b55-31+,66-65?,67-61?. The predicted octanol–water partition coefficient (Wildman–Crippen LogP) is 17.5. The van der Waals surface area contributed by atoms with E-state index >= 15 is 0 Å². The van der Waals surface area contributed by atoms with Crippen molar-refractivity contribution in [1.82, 2.24) is 4.57 Å². The van der Waals surface area contributed by atoms with Crippen LogP contribution in [0.3, 0.4) is 0 Å². The number of hydrogen-bond donors (Lipinski definition) is 0. The van der Waals surface area contributed by atoms with Gasteiger partial charge in [0.15, 0.2) is 11.4 Å². The number of para-hydroxylation sites is 2. The van der Waals surface area contributed by atoms with Crippen LogP contribution in [0, 0.1) is 5.92 Å². The Morgan fingerprint density at radius 3 is 1.90 bits per heavy atom. The zero-order chi connectivity index (χ0) is 46.0. The van der Waals surface area contributed by atoms with Crippen LogP contribution < -0.4 is 0 Å². The van der Waals surface area contributed by atoms with E-state index in [1.165, 1.54) is 43.1 Å². The summed E-state index contributed by atoms with van der Waals surface area (Å²) < 4.78 is 16.5. The van der Waals surface area contributed by atoms with Gasteiger partial charge in [0.1, 0.15) is 16.7 Å². The number of benzene rings is 11. The first-order valence-corrected chi connectivity index (χ1v) is 24.1. The van der Waals surface area contributed by atoms with Crippen LogP contribution in [0.15, 0.2) is 231 Å². The lowest BCUT2D eigenvalue weighted by molar-refractivity contribution is 0.666. The van der Waals surface area contributed by atoms with Crippen molar-refractivity contribution in [3.63, 3.8) is 0 Å². The SMILES string of the molecule is CC1C/C=C(\c2cccc3c2oc2ccccc23)N=C(c2ccc(-n3c4cc5ccccc5cc4c4ccc5ccccc5c43)c3oc4cc5ccccc5cc4c23)N=C1c1ccc2ccccc2c1. The molecule has 5 nitrogen and oxygen atoms in total. The molecule has 0 saturated heterocycles. The van der Waals surface area contributed by atoms with Gasteiger partial charge in [0.25, 0.3) is 0 Å². The van der Waals surface area contributed by atoms with E-state index in [-0.39, 0.29) is 5.92 Å². The molecule has 4 heterocycles. The summed E-state index contributed by atoms with van der Waals surface area (Å²) in [5.74, 6) is 0.664. The Labute approximate surface area is 401 Å². The molecule has 70 heavy (non-hydrogen) atoms. The van der Waals surface area contributed by atoms with E-state index in [4.69, 9.17) is 18.8 Å². The fourth-order valence-corrected chi connectivity index (χ4v) is 11.4. The molecule has 328 valence electrons. The molecular weight excluding hydrogens is 855 g/mol. The van der Waals surface area contributed by atoms with E-state index in [1.54, 1.807) is 0 Å². The number of hydrogen-bond acceptors (Lipinski definition) is 4. The van der Waals surface area contributed by atoms with Gasteiger partial charge in [-0.1, -0.05) is 165 Å². The molecule has 15 rings (SSSR count). The summed E-state index contributed by atoms with van der Waals surface area (Å²) in [6, 6.07) is 73.9. The largest absolute Gasteiger partial charge is 0.455 e. The van der Waals surface area contributed by atoms with Crippen molar-refractivity contribution in [2.45, 2.75) is 13.3 Å². The lowest BCUT2D eigenvalue weighted by atomic mass is 9.92. The van der Waals surface area contributed by atoms with Gasteiger partial charge in [-0.2, -0.15) is 0 Å². The Morgan fingerprint density at radius 1 is 0.443 bits per heavy atom. The van der Waals surface area contributed by atoms with Gasteiger partial charge in [-0.05, 0) is 104 Å². The van der Waals surface area contributed by atoms with E-state index in [2.05, 4.69) is 212 Å². The number of aliphatic imine (C=N–C) groups is 2. The topological polar surface area (TPSA) is 55.9 Å². The van der Waals surface area contributed by atoms with Gasteiger partial charge >= 0.3 is 0 Å². The first-order chi connectivity index (χ1) is 34.6.